The Balaban J connectivity index is 1.59. The number of aromatic nitrogens is 4. The summed E-state index contributed by atoms with van der Waals surface area (Å²) in [5.74, 6) is 1.09. The topological polar surface area (TPSA) is 95.1 Å². The molecule has 1 amide bonds. The van der Waals surface area contributed by atoms with Crippen molar-refractivity contribution in [3.8, 4) is 11.4 Å². The zero-order valence-electron chi connectivity index (χ0n) is 15.5. The highest BCUT2D eigenvalue weighted by Crippen LogP contribution is 2.31. The van der Waals surface area contributed by atoms with Gasteiger partial charge in [-0.15, -0.1) is 5.10 Å². The second-order valence-electron chi connectivity index (χ2n) is 6.22. The number of furan rings is 1. The van der Waals surface area contributed by atoms with Gasteiger partial charge in [-0.25, -0.2) is 0 Å². The molecule has 4 rings (SSSR count). The summed E-state index contributed by atoms with van der Waals surface area (Å²) in [6.07, 6.45) is 1.45. The van der Waals surface area contributed by atoms with Crippen molar-refractivity contribution in [2.24, 2.45) is 0 Å². The van der Waals surface area contributed by atoms with Crippen LogP contribution in [0.2, 0.25) is 0 Å². The number of ether oxygens (including phenoxy) is 1. The van der Waals surface area contributed by atoms with E-state index in [0.717, 1.165) is 5.39 Å². The van der Waals surface area contributed by atoms with Gasteiger partial charge in [-0.3, -0.25) is 4.79 Å². The third kappa shape index (κ3) is 3.32. The minimum Gasteiger partial charge on any atom is -0.490 e. The lowest BCUT2D eigenvalue weighted by Crippen LogP contribution is -2.27. The molecule has 0 spiro atoms. The number of para-hydroxylation sites is 2. The van der Waals surface area contributed by atoms with E-state index in [1.807, 2.05) is 44.2 Å². The molecule has 4 aromatic rings. The Morgan fingerprint density at radius 1 is 1.25 bits per heavy atom. The predicted molar refractivity (Wildman–Crippen MR) is 102 cm³/mol. The molecule has 142 valence electrons. The first kappa shape index (κ1) is 17.7. The van der Waals surface area contributed by atoms with Crippen molar-refractivity contribution < 1.29 is 13.9 Å². The van der Waals surface area contributed by atoms with Crippen LogP contribution in [0.3, 0.4) is 0 Å². The fourth-order valence-corrected chi connectivity index (χ4v) is 3.02. The second-order valence-corrected chi connectivity index (χ2v) is 6.22. The third-order valence-electron chi connectivity index (χ3n) is 4.35. The minimum atomic E-state index is -0.337. The molecule has 0 aliphatic carbocycles. The van der Waals surface area contributed by atoms with Gasteiger partial charge in [0.2, 0.25) is 0 Å². The molecule has 0 saturated carbocycles. The van der Waals surface area contributed by atoms with Crippen molar-refractivity contribution in [2.45, 2.75) is 19.9 Å². The van der Waals surface area contributed by atoms with E-state index in [-0.39, 0.29) is 11.9 Å². The van der Waals surface area contributed by atoms with E-state index in [4.69, 9.17) is 9.15 Å². The molecule has 0 fully saturated rings. The fourth-order valence-electron chi connectivity index (χ4n) is 3.02. The number of hydrogen-bond donors (Lipinski definition) is 1. The van der Waals surface area contributed by atoms with Crippen LogP contribution in [-0.2, 0) is 0 Å². The van der Waals surface area contributed by atoms with Gasteiger partial charge < -0.3 is 14.5 Å². The Morgan fingerprint density at radius 2 is 2.11 bits per heavy atom. The van der Waals surface area contributed by atoms with Gasteiger partial charge in [0.1, 0.15) is 12.1 Å². The van der Waals surface area contributed by atoms with Crippen LogP contribution in [0, 0.1) is 0 Å². The largest absolute Gasteiger partial charge is 0.490 e. The van der Waals surface area contributed by atoms with Crippen LogP contribution in [0.1, 0.15) is 36.0 Å². The highest BCUT2D eigenvalue weighted by Gasteiger charge is 2.19. The average Bonchev–Trinajstić information content (AvgIpc) is 3.38. The highest BCUT2D eigenvalue weighted by atomic mass is 16.5. The van der Waals surface area contributed by atoms with E-state index < -0.39 is 0 Å². The highest BCUT2D eigenvalue weighted by molar-refractivity contribution is 5.98. The molecule has 1 unspecified atom stereocenters. The van der Waals surface area contributed by atoms with Crippen molar-refractivity contribution in [3.05, 3.63) is 66.2 Å². The molecule has 2 aromatic heterocycles. The van der Waals surface area contributed by atoms with Gasteiger partial charge in [-0.05, 0) is 48.5 Å². The normalized spacial score (nSPS) is 12.1. The molecule has 2 aromatic carbocycles. The van der Waals surface area contributed by atoms with Crippen LogP contribution >= 0.6 is 0 Å². The minimum absolute atomic E-state index is 0.246. The zero-order valence-corrected chi connectivity index (χ0v) is 15.5. The van der Waals surface area contributed by atoms with Crippen molar-refractivity contribution in [1.29, 1.82) is 0 Å². The van der Waals surface area contributed by atoms with Gasteiger partial charge in [-0.1, -0.05) is 24.3 Å². The maximum atomic E-state index is 12.9. The quantitative estimate of drug-likeness (QED) is 0.554. The summed E-state index contributed by atoms with van der Waals surface area (Å²) in [6.45, 7) is 4.35. The molecule has 0 radical (unpaired) electrons. The molecule has 1 atom stereocenters. The van der Waals surface area contributed by atoms with Crippen LogP contribution < -0.4 is 10.1 Å². The van der Waals surface area contributed by atoms with Crippen LogP contribution in [0.25, 0.3) is 16.7 Å². The van der Waals surface area contributed by atoms with E-state index in [0.29, 0.717) is 35.0 Å². The number of amides is 1. The van der Waals surface area contributed by atoms with Crippen molar-refractivity contribution in [1.82, 2.24) is 25.5 Å². The fraction of sp³-hybridized carbons (Fsp3) is 0.200. The number of rotatable bonds is 6. The molecule has 2 heterocycles. The maximum Gasteiger partial charge on any atom is 0.254 e. The summed E-state index contributed by atoms with van der Waals surface area (Å²) in [7, 11) is 0. The summed E-state index contributed by atoms with van der Waals surface area (Å²) >= 11 is 0. The molecule has 0 aliphatic heterocycles. The number of fused-ring (bicyclic) bond motifs is 1. The average molecular weight is 377 g/mol. The van der Waals surface area contributed by atoms with Crippen molar-refractivity contribution in [2.75, 3.05) is 6.61 Å². The number of nitrogens with one attached hydrogen (secondary N) is 1. The van der Waals surface area contributed by atoms with E-state index in [1.54, 1.807) is 18.2 Å². The number of benzene rings is 2. The maximum absolute atomic E-state index is 12.9. The second kappa shape index (κ2) is 7.51. The van der Waals surface area contributed by atoms with Crippen LogP contribution in [0.15, 0.2) is 59.3 Å². The van der Waals surface area contributed by atoms with Gasteiger partial charge in [0, 0.05) is 5.39 Å². The Kier molecular flexibility index (Phi) is 4.76. The standard InChI is InChI=1S/C20H19N5O3/c1-3-27-17-10-6-7-14-11-18(28-19(14)17)13(2)22-20(26)15-8-4-5-9-16(15)25-12-21-23-24-25/h4-13H,3H2,1-2H3,(H,22,26). The molecule has 0 aliphatic rings. The summed E-state index contributed by atoms with van der Waals surface area (Å²) < 4.78 is 13.0. The lowest BCUT2D eigenvalue weighted by atomic mass is 10.1. The monoisotopic (exact) mass is 377 g/mol. The Bertz CT molecular complexity index is 1100. The number of tetrazole rings is 1. The smallest absolute Gasteiger partial charge is 0.254 e. The zero-order chi connectivity index (χ0) is 19.5. The number of carbonyl (C=O) groups is 1. The summed E-state index contributed by atoms with van der Waals surface area (Å²) in [5, 5.41) is 15.0. The van der Waals surface area contributed by atoms with Gasteiger partial charge in [-0.2, -0.15) is 4.68 Å². The van der Waals surface area contributed by atoms with Gasteiger partial charge >= 0.3 is 0 Å². The van der Waals surface area contributed by atoms with Crippen LogP contribution in [0.5, 0.6) is 5.75 Å². The SMILES string of the molecule is CCOc1cccc2cc(C(C)NC(=O)c3ccccc3-n3cnnn3)oc12. The molecule has 1 N–H and O–H groups in total. The van der Waals surface area contributed by atoms with Crippen LogP contribution in [-0.4, -0.2) is 32.7 Å². The lowest BCUT2D eigenvalue weighted by molar-refractivity contribution is 0.0935. The van der Waals surface area contributed by atoms with Gasteiger partial charge in [0.25, 0.3) is 5.91 Å². The molecular weight excluding hydrogens is 358 g/mol. The van der Waals surface area contributed by atoms with E-state index in [1.165, 1.54) is 11.0 Å². The molecule has 0 bridgehead atoms. The predicted octanol–water partition coefficient (Wildman–Crippen LogP) is 3.30. The summed E-state index contributed by atoms with van der Waals surface area (Å²) in [4.78, 5) is 12.9. The molecule has 8 heteroatoms. The first-order chi connectivity index (χ1) is 13.7. The third-order valence-corrected chi connectivity index (χ3v) is 4.35. The Morgan fingerprint density at radius 3 is 2.89 bits per heavy atom. The lowest BCUT2D eigenvalue weighted by Gasteiger charge is -2.13. The first-order valence-electron chi connectivity index (χ1n) is 8.96. The van der Waals surface area contributed by atoms with E-state index in [9.17, 15) is 4.79 Å². The van der Waals surface area contributed by atoms with Crippen molar-refractivity contribution >= 4 is 16.9 Å². The van der Waals surface area contributed by atoms with E-state index in [2.05, 4.69) is 20.8 Å². The Hall–Kier alpha value is -3.68. The Labute approximate surface area is 161 Å². The molecule has 8 nitrogen and oxygen atoms in total. The first-order valence-corrected chi connectivity index (χ1v) is 8.96. The number of carbonyl (C=O) groups excluding carboxylic acids is 1. The van der Waals surface area contributed by atoms with Gasteiger partial charge in [0.15, 0.2) is 11.3 Å². The van der Waals surface area contributed by atoms with Gasteiger partial charge in [0.05, 0.1) is 23.9 Å². The number of nitrogens with zero attached hydrogens (tertiary/aromatic N) is 4. The summed E-state index contributed by atoms with van der Waals surface area (Å²) in [6, 6.07) is 14.4. The number of hydrogen-bond acceptors (Lipinski definition) is 6. The van der Waals surface area contributed by atoms with E-state index >= 15 is 0 Å². The van der Waals surface area contributed by atoms with Crippen molar-refractivity contribution in [3.63, 3.8) is 0 Å². The molecule has 0 saturated heterocycles. The summed E-state index contributed by atoms with van der Waals surface area (Å²) in [5.41, 5.74) is 1.74. The molecule has 28 heavy (non-hydrogen) atoms. The molecular formula is C20H19N5O3. The van der Waals surface area contributed by atoms with Crippen LogP contribution in [0.4, 0.5) is 0 Å².